The van der Waals surface area contributed by atoms with E-state index in [4.69, 9.17) is 9.47 Å². The van der Waals surface area contributed by atoms with E-state index in [1.165, 1.54) is 0 Å². The van der Waals surface area contributed by atoms with Crippen molar-refractivity contribution in [2.75, 3.05) is 26.4 Å². The van der Waals surface area contributed by atoms with Gasteiger partial charge in [-0.2, -0.15) is 0 Å². The Kier molecular flexibility index (Phi) is 4.74. The third-order valence-electron chi connectivity index (χ3n) is 4.58. The number of hydrogen-bond acceptors (Lipinski definition) is 5. The summed E-state index contributed by atoms with van der Waals surface area (Å²) in [5, 5.41) is 3.00. The Labute approximate surface area is 159 Å². The lowest BCUT2D eigenvalue weighted by atomic mass is 9.92. The molecule has 1 saturated heterocycles. The summed E-state index contributed by atoms with van der Waals surface area (Å²) in [4.78, 5) is 24.5. The van der Waals surface area contributed by atoms with Crippen LogP contribution in [-0.2, 0) is 9.47 Å². The molecule has 0 aliphatic carbocycles. The number of aromatic nitrogens is 3. The van der Waals surface area contributed by atoms with E-state index in [1.54, 1.807) is 6.20 Å². The van der Waals surface area contributed by atoms with Crippen molar-refractivity contribution >= 4 is 28.5 Å². The van der Waals surface area contributed by atoms with Gasteiger partial charge in [-0.3, -0.25) is 4.79 Å². The minimum absolute atomic E-state index is 0.0373. The van der Waals surface area contributed by atoms with Gasteiger partial charge in [-0.1, -0.05) is 0 Å². The molecule has 0 radical (unpaired) electrons. The Bertz CT molecular complexity index is 801. The summed E-state index contributed by atoms with van der Waals surface area (Å²) in [7, 11) is 0. The topological polar surface area (TPSA) is 89.1 Å². The van der Waals surface area contributed by atoms with Gasteiger partial charge in [0.1, 0.15) is 5.82 Å². The van der Waals surface area contributed by atoms with Gasteiger partial charge in [0.15, 0.2) is 0 Å². The molecule has 2 N–H and O–H groups in total. The van der Waals surface area contributed by atoms with Crippen LogP contribution in [-0.4, -0.2) is 53.3 Å². The van der Waals surface area contributed by atoms with Gasteiger partial charge in [0, 0.05) is 24.4 Å². The average Bonchev–Trinajstić information content (AvgIpc) is 2.97. The third kappa shape index (κ3) is 3.30. The maximum atomic E-state index is 12.4. The predicted octanol–water partition coefficient (Wildman–Crippen LogP) is 2.02. The van der Waals surface area contributed by atoms with E-state index in [9.17, 15) is 4.79 Å². The van der Waals surface area contributed by atoms with Crippen molar-refractivity contribution in [3.05, 3.63) is 32.9 Å². The van der Waals surface area contributed by atoms with Crippen LogP contribution in [0.4, 0.5) is 0 Å². The van der Waals surface area contributed by atoms with Crippen molar-refractivity contribution in [3.63, 3.8) is 0 Å². The Morgan fingerprint density at radius 3 is 3.04 bits per heavy atom. The number of rotatable bonds is 3. The second-order valence-corrected chi connectivity index (χ2v) is 7.38. The van der Waals surface area contributed by atoms with E-state index in [1.807, 2.05) is 13.0 Å². The van der Waals surface area contributed by atoms with E-state index < -0.39 is 0 Å². The Hall–Kier alpha value is -1.52. The van der Waals surface area contributed by atoms with Crippen LogP contribution in [0.1, 0.15) is 34.2 Å². The monoisotopic (exact) mass is 454 g/mol. The van der Waals surface area contributed by atoms with E-state index in [-0.39, 0.29) is 17.9 Å². The van der Waals surface area contributed by atoms with Crippen molar-refractivity contribution in [1.29, 1.82) is 0 Å². The van der Waals surface area contributed by atoms with Gasteiger partial charge >= 0.3 is 0 Å². The summed E-state index contributed by atoms with van der Waals surface area (Å²) < 4.78 is 12.2. The van der Waals surface area contributed by atoms with Gasteiger partial charge in [-0.15, -0.1) is 0 Å². The number of fused-ring (bicyclic) bond motifs is 1. The molecule has 2 atom stereocenters. The zero-order valence-electron chi connectivity index (χ0n) is 13.8. The molecular formula is C17H19IN4O3. The fourth-order valence-corrected chi connectivity index (χ4v) is 4.34. The molecular weight excluding hydrogens is 435 g/mol. The van der Waals surface area contributed by atoms with Gasteiger partial charge in [-0.05, 0) is 42.0 Å². The fraction of sp³-hybridized carbons (Fsp3) is 0.471. The lowest BCUT2D eigenvalue weighted by Crippen LogP contribution is -2.38. The number of carbonyl (C=O) groups excluding carboxylic acids is 1. The summed E-state index contributed by atoms with van der Waals surface area (Å²) in [5.41, 5.74) is 3.36. The minimum Gasteiger partial charge on any atom is -0.376 e. The first kappa shape index (κ1) is 16.9. The van der Waals surface area contributed by atoms with Crippen LogP contribution < -0.4 is 5.32 Å². The first-order valence-electron chi connectivity index (χ1n) is 8.32. The normalized spacial score (nSPS) is 23.2. The lowest BCUT2D eigenvalue weighted by molar-refractivity contribution is -0.0928. The SMILES string of the molecule is Cc1nccc(-c2[nH]c3c(c2I)C(=O)NCC3CC2COCCO2)n1. The maximum Gasteiger partial charge on any atom is 0.254 e. The molecule has 2 unspecified atom stereocenters. The molecule has 25 heavy (non-hydrogen) atoms. The molecule has 1 fully saturated rings. The standard InChI is InChI=1S/C17H19IN4O3/c1-9-19-3-2-12(21-9)16-14(18)13-15(22-16)10(7-20-17(13)23)6-11-8-24-4-5-25-11/h2-3,10-11,22H,4-8H2,1H3,(H,20,23). The highest BCUT2D eigenvalue weighted by Gasteiger charge is 2.33. The number of nitrogens with one attached hydrogen (secondary N) is 2. The first-order valence-corrected chi connectivity index (χ1v) is 9.40. The van der Waals surface area contributed by atoms with Crippen LogP contribution >= 0.6 is 22.6 Å². The zero-order valence-corrected chi connectivity index (χ0v) is 16.0. The van der Waals surface area contributed by atoms with E-state index >= 15 is 0 Å². The molecule has 8 heteroatoms. The molecule has 2 aromatic rings. The molecule has 7 nitrogen and oxygen atoms in total. The molecule has 0 spiro atoms. The van der Waals surface area contributed by atoms with Crippen LogP contribution in [0.2, 0.25) is 0 Å². The molecule has 132 valence electrons. The largest absolute Gasteiger partial charge is 0.376 e. The smallest absolute Gasteiger partial charge is 0.254 e. The number of aryl methyl sites for hydroxylation is 1. The number of hydrogen-bond donors (Lipinski definition) is 2. The molecule has 0 aromatic carbocycles. The van der Waals surface area contributed by atoms with Crippen molar-refractivity contribution in [3.8, 4) is 11.4 Å². The van der Waals surface area contributed by atoms with Crippen LogP contribution in [0.3, 0.4) is 0 Å². The fourth-order valence-electron chi connectivity index (χ4n) is 3.39. The summed E-state index contributed by atoms with van der Waals surface area (Å²) in [6, 6.07) is 1.86. The number of amides is 1. The molecule has 2 aromatic heterocycles. The van der Waals surface area contributed by atoms with Crippen molar-refractivity contribution < 1.29 is 14.3 Å². The highest BCUT2D eigenvalue weighted by atomic mass is 127. The van der Waals surface area contributed by atoms with Crippen molar-refractivity contribution in [2.24, 2.45) is 0 Å². The Morgan fingerprint density at radius 2 is 2.28 bits per heavy atom. The van der Waals surface area contributed by atoms with E-state index in [0.717, 1.165) is 32.6 Å². The molecule has 4 rings (SSSR count). The van der Waals surface area contributed by atoms with Crippen LogP contribution in [0.5, 0.6) is 0 Å². The summed E-state index contributed by atoms with van der Waals surface area (Å²) in [6.45, 7) is 4.35. The number of H-pyrrole nitrogens is 1. The van der Waals surface area contributed by atoms with Crippen molar-refractivity contribution in [1.82, 2.24) is 20.3 Å². The molecule has 4 heterocycles. The molecule has 1 amide bonds. The maximum absolute atomic E-state index is 12.4. The Balaban J connectivity index is 1.69. The van der Waals surface area contributed by atoms with Crippen LogP contribution in [0.15, 0.2) is 12.3 Å². The second kappa shape index (κ2) is 7.00. The molecule has 2 aliphatic heterocycles. The minimum atomic E-state index is -0.0373. The summed E-state index contributed by atoms with van der Waals surface area (Å²) >= 11 is 2.22. The molecule has 0 saturated carbocycles. The van der Waals surface area contributed by atoms with Gasteiger partial charge in [0.05, 0.1) is 46.4 Å². The molecule has 0 bridgehead atoms. The van der Waals surface area contributed by atoms with Crippen LogP contribution in [0, 0.1) is 10.5 Å². The number of ether oxygens (including phenoxy) is 2. The van der Waals surface area contributed by atoms with Crippen LogP contribution in [0.25, 0.3) is 11.4 Å². The third-order valence-corrected chi connectivity index (χ3v) is 5.66. The summed E-state index contributed by atoms with van der Waals surface area (Å²) in [5.74, 6) is 0.837. The van der Waals surface area contributed by atoms with Gasteiger partial charge < -0.3 is 19.8 Å². The summed E-state index contributed by atoms with van der Waals surface area (Å²) in [6.07, 6.45) is 2.61. The van der Waals surface area contributed by atoms with Gasteiger partial charge in [0.25, 0.3) is 5.91 Å². The number of aromatic amines is 1. The van der Waals surface area contributed by atoms with Gasteiger partial charge in [0.2, 0.25) is 0 Å². The average molecular weight is 454 g/mol. The predicted molar refractivity (Wildman–Crippen MR) is 99.5 cm³/mol. The van der Waals surface area contributed by atoms with E-state index in [2.05, 4.69) is 42.9 Å². The number of halogens is 1. The van der Waals surface area contributed by atoms with Crippen molar-refractivity contribution in [2.45, 2.75) is 25.4 Å². The Morgan fingerprint density at radius 1 is 1.40 bits per heavy atom. The highest BCUT2D eigenvalue weighted by molar-refractivity contribution is 14.1. The van der Waals surface area contributed by atoms with Gasteiger partial charge in [-0.25, -0.2) is 9.97 Å². The number of carbonyl (C=O) groups is 1. The zero-order chi connectivity index (χ0) is 17.4. The number of nitrogens with zero attached hydrogens (tertiary/aromatic N) is 2. The lowest BCUT2D eigenvalue weighted by Gasteiger charge is -2.29. The molecule has 2 aliphatic rings. The first-order chi connectivity index (χ1) is 12.1. The quantitative estimate of drug-likeness (QED) is 0.693. The van der Waals surface area contributed by atoms with E-state index in [0.29, 0.717) is 32.2 Å². The second-order valence-electron chi connectivity index (χ2n) is 6.30. The highest BCUT2D eigenvalue weighted by Crippen LogP contribution is 2.36.